The van der Waals surface area contributed by atoms with Gasteiger partial charge in [-0.05, 0) is 53.1 Å². The number of benzene rings is 2. The lowest BCUT2D eigenvalue weighted by Crippen LogP contribution is -2.44. The Hall–Kier alpha value is -2.93. The van der Waals surface area contributed by atoms with Gasteiger partial charge in [0.15, 0.2) is 0 Å². The molecule has 0 aliphatic carbocycles. The van der Waals surface area contributed by atoms with Crippen molar-refractivity contribution in [2.45, 2.75) is 13.0 Å². The lowest BCUT2D eigenvalue weighted by molar-refractivity contribution is -0.136. The van der Waals surface area contributed by atoms with Gasteiger partial charge in [0.1, 0.15) is 12.4 Å². The minimum atomic E-state index is -0.523. The van der Waals surface area contributed by atoms with Crippen LogP contribution >= 0.6 is 11.8 Å². The van der Waals surface area contributed by atoms with E-state index in [2.05, 4.69) is 0 Å². The van der Waals surface area contributed by atoms with Crippen LogP contribution in [0.2, 0.25) is 0 Å². The highest BCUT2D eigenvalue weighted by Crippen LogP contribution is 2.32. The number of hydrogen-bond donors (Lipinski definition) is 0. The molecular formula is C21H17FN2O3S. The minimum absolute atomic E-state index is 0.187. The van der Waals surface area contributed by atoms with Gasteiger partial charge in [0.2, 0.25) is 5.91 Å². The Balaban J connectivity index is 1.46. The molecule has 28 heavy (non-hydrogen) atoms. The predicted molar refractivity (Wildman–Crippen MR) is 105 cm³/mol. The van der Waals surface area contributed by atoms with Crippen LogP contribution in [-0.2, 0) is 22.6 Å². The van der Waals surface area contributed by atoms with Crippen molar-refractivity contribution in [2.24, 2.45) is 0 Å². The van der Waals surface area contributed by atoms with Crippen molar-refractivity contribution in [1.82, 2.24) is 9.80 Å². The number of imide groups is 1. The number of thioether (sulfide) groups is 1. The van der Waals surface area contributed by atoms with Gasteiger partial charge in [-0.3, -0.25) is 19.3 Å². The number of fused-ring (bicyclic) bond motifs is 1. The van der Waals surface area contributed by atoms with Gasteiger partial charge in [0.25, 0.3) is 11.1 Å². The van der Waals surface area contributed by atoms with Gasteiger partial charge in [-0.25, -0.2) is 4.39 Å². The fourth-order valence-corrected chi connectivity index (χ4v) is 4.17. The molecule has 0 unspecified atom stereocenters. The van der Waals surface area contributed by atoms with E-state index in [4.69, 9.17) is 0 Å². The zero-order valence-corrected chi connectivity index (χ0v) is 15.7. The maximum Gasteiger partial charge on any atom is 0.294 e. The van der Waals surface area contributed by atoms with Gasteiger partial charge in [-0.2, -0.15) is 0 Å². The Morgan fingerprint density at radius 2 is 1.89 bits per heavy atom. The van der Waals surface area contributed by atoms with Gasteiger partial charge in [0.05, 0.1) is 4.91 Å². The highest BCUT2D eigenvalue weighted by molar-refractivity contribution is 8.18. The highest BCUT2D eigenvalue weighted by atomic mass is 32.2. The quantitative estimate of drug-likeness (QED) is 0.746. The van der Waals surface area contributed by atoms with Crippen LogP contribution in [0, 0.1) is 5.82 Å². The van der Waals surface area contributed by atoms with Crippen molar-refractivity contribution in [2.75, 3.05) is 13.1 Å². The number of halogens is 1. The van der Waals surface area contributed by atoms with Crippen LogP contribution in [0.25, 0.3) is 6.08 Å². The van der Waals surface area contributed by atoms with Gasteiger partial charge < -0.3 is 4.90 Å². The van der Waals surface area contributed by atoms with Crippen LogP contribution in [0.5, 0.6) is 0 Å². The number of hydrogen-bond acceptors (Lipinski definition) is 4. The SMILES string of the molecule is O=C(CN1C(=O)S/C(=C/c2cccc(F)c2)C1=O)N1CCc2ccccc2C1. The van der Waals surface area contributed by atoms with Crippen molar-refractivity contribution in [3.05, 3.63) is 75.9 Å². The van der Waals surface area contributed by atoms with Crippen LogP contribution in [0.4, 0.5) is 9.18 Å². The Bertz CT molecular complexity index is 1000. The monoisotopic (exact) mass is 396 g/mol. The number of carbonyl (C=O) groups excluding carboxylic acids is 3. The van der Waals surface area contributed by atoms with Crippen LogP contribution in [0.3, 0.4) is 0 Å². The number of carbonyl (C=O) groups is 3. The number of rotatable bonds is 3. The zero-order valence-electron chi connectivity index (χ0n) is 14.9. The molecule has 7 heteroatoms. The molecular weight excluding hydrogens is 379 g/mol. The first-order valence-electron chi connectivity index (χ1n) is 8.87. The predicted octanol–water partition coefficient (Wildman–Crippen LogP) is 3.45. The molecule has 2 aliphatic heterocycles. The molecule has 2 aromatic carbocycles. The topological polar surface area (TPSA) is 57.7 Å². The molecule has 2 aromatic rings. The van der Waals surface area contributed by atoms with Crippen molar-refractivity contribution >= 4 is 34.9 Å². The third kappa shape index (κ3) is 3.71. The number of amides is 3. The lowest BCUT2D eigenvalue weighted by Gasteiger charge is -2.29. The van der Waals surface area contributed by atoms with Crippen LogP contribution in [-0.4, -0.2) is 39.9 Å². The summed E-state index contributed by atoms with van der Waals surface area (Å²) in [5.41, 5.74) is 2.79. The molecule has 2 heterocycles. The van der Waals surface area contributed by atoms with E-state index < -0.39 is 17.0 Å². The summed E-state index contributed by atoms with van der Waals surface area (Å²) in [6, 6.07) is 13.7. The minimum Gasteiger partial charge on any atom is -0.336 e. The molecule has 142 valence electrons. The molecule has 0 bridgehead atoms. The van der Waals surface area contributed by atoms with Crippen molar-refractivity contribution in [3.63, 3.8) is 0 Å². The van der Waals surface area contributed by atoms with Gasteiger partial charge in [-0.15, -0.1) is 0 Å². The smallest absolute Gasteiger partial charge is 0.294 e. The maximum atomic E-state index is 13.3. The van der Waals surface area contributed by atoms with Crippen LogP contribution in [0.1, 0.15) is 16.7 Å². The Morgan fingerprint density at radius 1 is 1.11 bits per heavy atom. The van der Waals surface area contributed by atoms with E-state index in [9.17, 15) is 18.8 Å². The van der Waals surface area contributed by atoms with E-state index >= 15 is 0 Å². The Morgan fingerprint density at radius 3 is 2.68 bits per heavy atom. The van der Waals surface area contributed by atoms with E-state index in [1.54, 1.807) is 11.0 Å². The fourth-order valence-electron chi connectivity index (χ4n) is 3.33. The first kappa shape index (κ1) is 18.4. The third-order valence-electron chi connectivity index (χ3n) is 4.80. The first-order valence-corrected chi connectivity index (χ1v) is 9.68. The molecule has 1 fully saturated rings. The molecule has 4 rings (SSSR count). The van der Waals surface area contributed by atoms with Crippen molar-refractivity contribution in [3.8, 4) is 0 Å². The average molecular weight is 396 g/mol. The van der Waals surface area contributed by atoms with Gasteiger partial charge in [0, 0.05) is 13.1 Å². The standard InChI is InChI=1S/C21H17FN2O3S/c22-17-7-3-4-14(10-17)11-18-20(26)24(21(27)28-18)13-19(25)23-9-8-15-5-1-2-6-16(15)12-23/h1-7,10-11H,8-9,12-13H2/b18-11+. The molecule has 0 spiro atoms. The average Bonchev–Trinajstić information content (AvgIpc) is 2.95. The van der Waals surface area contributed by atoms with Crippen LogP contribution < -0.4 is 0 Å². The summed E-state index contributed by atoms with van der Waals surface area (Å²) in [5.74, 6) is -1.21. The molecule has 0 aromatic heterocycles. The number of nitrogens with zero attached hydrogens (tertiary/aromatic N) is 2. The second-order valence-electron chi connectivity index (χ2n) is 6.66. The van der Waals surface area contributed by atoms with Crippen molar-refractivity contribution in [1.29, 1.82) is 0 Å². The largest absolute Gasteiger partial charge is 0.336 e. The normalized spacial score (nSPS) is 18.0. The van der Waals surface area contributed by atoms with E-state index in [1.807, 2.05) is 24.3 Å². The summed E-state index contributed by atoms with van der Waals surface area (Å²) in [5, 5.41) is -0.488. The first-order chi connectivity index (χ1) is 13.5. The lowest BCUT2D eigenvalue weighted by atomic mass is 10.00. The summed E-state index contributed by atoms with van der Waals surface area (Å²) in [7, 11) is 0. The highest BCUT2D eigenvalue weighted by Gasteiger charge is 2.37. The van der Waals surface area contributed by atoms with E-state index in [0.717, 1.165) is 28.6 Å². The maximum absolute atomic E-state index is 13.3. The fraction of sp³-hybridized carbons (Fsp3) is 0.190. The van der Waals surface area contributed by atoms with Gasteiger partial charge in [-0.1, -0.05) is 36.4 Å². The van der Waals surface area contributed by atoms with E-state index in [1.165, 1.54) is 29.8 Å². The van der Waals surface area contributed by atoms with E-state index in [0.29, 0.717) is 18.7 Å². The summed E-state index contributed by atoms with van der Waals surface area (Å²) in [6.45, 7) is 0.753. The Kier molecular flexibility index (Phi) is 5.00. The summed E-state index contributed by atoms with van der Waals surface area (Å²) >= 11 is 0.765. The molecule has 0 atom stereocenters. The van der Waals surface area contributed by atoms with E-state index in [-0.39, 0.29) is 17.4 Å². The Labute approximate surface area is 165 Å². The van der Waals surface area contributed by atoms with Gasteiger partial charge >= 0.3 is 0 Å². The molecule has 0 saturated carbocycles. The molecule has 2 aliphatic rings. The van der Waals surface area contributed by atoms with Crippen LogP contribution in [0.15, 0.2) is 53.4 Å². The third-order valence-corrected chi connectivity index (χ3v) is 5.70. The summed E-state index contributed by atoms with van der Waals surface area (Å²) < 4.78 is 13.3. The molecule has 3 amide bonds. The summed E-state index contributed by atoms with van der Waals surface area (Å²) in [4.78, 5) is 40.3. The van der Waals surface area contributed by atoms with Crippen molar-refractivity contribution < 1.29 is 18.8 Å². The molecule has 0 N–H and O–H groups in total. The molecule has 1 saturated heterocycles. The molecule has 5 nitrogen and oxygen atoms in total. The second-order valence-corrected chi connectivity index (χ2v) is 7.65. The zero-order chi connectivity index (χ0) is 19.7. The molecule has 0 radical (unpaired) electrons. The second kappa shape index (κ2) is 7.59. The summed E-state index contributed by atoms with van der Waals surface area (Å²) in [6.07, 6.45) is 2.22.